The first-order chi connectivity index (χ1) is 24.6. The van der Waals surface area contributed by atoms with Gasteiger partial charge >= 0.3 is 0 Å². The lowest BCUT2D eigenvalue weighted by atomic mass is 9.91. The van der Waals surface area contributed by atoms with Crippen LogP contribution in [0, 0.1) is 6.92 Å². The summed E-state index contributed by atoms with van der Waals surface area (Å²) in [4.78, 5) is 32.0. The fourth-order valence-electron chi connectivity index (χ4n) is 6.04. The van der Waals surface area contributed by atoms with Gasteiger partial charge in [-0.25, -0.2) is 0 Å². The molecule has 0 radical (unpaired) electrons. The summed E-state index contributed by atoms with van der Waals surface area (Å²) in [6.45, 7) is 19.8. The number of ether oxygens (including phenoxy) is 3. The lowest BCUT2D eigenvalue weighted by Gasteiger charge is -2.35. The number of piperazine rings is 1. The van der Waals surface area contributed by atoms with Crippen molar-refractivity contribution in [2.75, 3.05) is 86.0 Å². The van der Waals surface area contributed by atoms with Gasteiger partial charge in [0.2, 0.25) is 5.91 Å². The SMILES string of the molecule is C=C(SCc1ccccc1C)SC(=C)C(=O)N(C)CCOCCOCCOCCC(=O)N1CCN(CCC2(c3ccc(Cl)cc3)SC2CC)CC1. The Labute approximate surface area is 323 Å². The quantitative estimate of drug-likeness (QED) is 0.0651. The number of thioether (sulfide) groups is 3. The predicted molar refractivity (Wildman–Crippen MR) is 215 cm³/mol. The van der Waals surface area contributed by atoms with Crippen LogP contribution in [0.4, 0.5) is 0 Å². The van der Waals surface area contributed by atoms with E-state index in [0.717, 1.165) is 54.2 Å². The number of amides is 2. The molecular weight excluding hydrogens is 722 g/mol. The molecule has 2 fully saturated rings. The number of rotatable bonds is 23. The Kier molecular flexibility index (Phi) is 17.8. The van der Waals surface area contributed by atoms with Crippen LogP contribution in [-0.4, -0.2) is 118 Å². The molecule has 2 aromatic rings. The maximum atomic E-state index is 12.8. The summed E-state index contributed by atoms with van der Waals surface area (Å²) >= 11 is 11.2. The lowest BCUT2D eigenvalue weighted by molar-refractivity contribution is -0.134. The molecule has 2 aliphatic rings. The van der Waals surface area contributed by atoms with Gasteiger partial charge in [0.05, 0.1) is 55.7 Å². The lowest BCUT2D eigenvalue weighted by Crippen LogP contribution is -2.49. The van der Waals surface area contributed by atoms with Crippen molar-refractivity contribution in [2.45, 2.75) is 48.9 Å². The fourth-order valence-corrected chi connectivity index (χ4v) is 9.55. The normalized spacial score (nSPS) is 18.8. The zero-order valence-corrected chi connectivity index (χ0v) is 33.6. The molecular formula is C39H54ClN3O5S3. The average Bonchev–Trinajstić information content (AvgIpc) is 3.87. The van der Waals surface area contributed by atoms with Gasteiger partial charge in [0, 0.05) is 60.0 Å². The highest BCUT2D eigenvalue weighted by atomic mass is 35.5. The zero-order valence-electron chi connectivity index (χ0n) is 30.4. The minimum absolute atomic E-state index is 0.132. The van der Waals surface area contributed by atoms with Gasteiger partial charge in [-0.2, -0.15) is 0 Å². The van der Waals surface area contributed by atoms with E-state index >= 15 is 0 Å². The second-order valence-corrected chi connectivity index (χ2v) is 17.3. The maximum Gasteiger partial charge on any atom is 0.259 e. The van der Waals surface area contributed by atoms with Gasteiger partial charge in [0.15, 0.2) is 0 Å². The minimum atomic E-state index is -0.132. The molecule has 2 heterocycles. The van der Waals surface area contributed by atoms with Crippen LogP contribution in [0.3, 0.4) is 0 Å². The predicted octanol–water partition coefficient (Wildman–Crippen LogP) is 7.45. The van der Waals surface area contributed by atoms with E-state index in [9.17, 15) is 9.59 Å². The maximum absolute atomic E-state index is 12.8. The van der Waals surface area contributed by atoms with Gasteiger partial charge in [-0.05, 0) is 55.1 Å². The number of carbonyl (C=O) groups is 2. The molecule has 0 saturated carbocycles. The van der Waals surface area contributed by atoms with Crippen molar-refractivity contribution in [2.24, 2.45) is 0 Å². The summed E-state index contributed by atoms with van der Waals surface area (Å²) in [5.74, 6) is 0.827. The third-order valence-corrected chi connectivity index (χ3v) is 13.5. The molecule has 2 aliphatic heterocycles. The van der Waals surface area contributed by atoms with Crippen molar-refractivity contribution in [3.05, 3.63) is 92.5 Å². The van der Waals surface area contributed by atoms with Gasteiger partial charge in [0.1, 0.15) is 0 Å². The second kappa shape index (κ2) is 21.7. The van der Waals surface area contributed by atoms with Crippen LogP contribution >= 0.6 is 46.9 Å². The van der Waals surface area contributed by atoms with Crippen LogP contribution in [0.1, 0.15) is 42.9 Å². The molecule has 2 saturated heterocycles. The molecule has 4 rings (SSSR count). The summed E-state index contributed by atoms with van der Waals surface area (Å²) in [6.07, 6.45) is 2.68. The highest BCUT2D eigenvalue weighted by Gasteiger charge is 2.54. The van der Waals surface area contributed by atoms with Crippen molar-refractivity contribution in [3.63, 3.8) is 0 Å². The van der Waals surface area contributed by atoms with E-state index in [0.29, 0.717) is 62.8 Å². The third-order valence-electron chi connectivity index (χ3n) is 9.29. The molecule has 0 N–H and O–H groups in total. The number of hydrogen-bond acceptors (Lipinski definition) is 9. The number of hydrogen-bond donors (Lipinski definition) is 0. The monoisotopic (exact) mass is 775 g/mol. The van der Waals surface area contributed by atoms with Crippen molar-refractivity contribution >= 4 is 58.7 Å². The second-order valence-electron chi connectivity index (χ2n) is 12.8. The summed E-state index contributed by atoms with van der Waals surface area (Å²) in [7, 11) is 1.74. The topological polar surface area (TPSA) is 71.5 Å². The summed E-state index contributed by atoms with van der Waals surface area (Å²) < 4.78 is 17.9. The zero-order chi connectivity index (χ0) is 36.6. The molecule has 8 nitrogen and oxygen atoms in total. The molecule has 0 aromatic heterocycles. The molecule has 51 heavy (non-hydrogen) atoms. The van der Waals surface area contributed by atoms with Gasteiger partial charge < -0.3 is 24.0 Å². The molecule has 2 aromatic carbocycles. The number of carbonyl (C=O) groups excluding carboxylic acids is 2. The molecule has 12 heteroatoms. The van der Waals surface area contributed by atoms with Crippen LogP contribution < -0.4 is 0 Å². The standard InChI is InChI=1S/C39H54ClN3O5S3/c1-6-36-39(51-36,34-11-13-35(40)14-12-34)16-17-42-18-20-43(21-19-42)37(44)15-23-46-25-27-48-28-26-47-24-22-41(5)38(45)31(3)50-32(4)49-29-33-10-8-7-9-30(33)2/h7-14,36H,3-4,6,15-29H2,1-2,5H3. The average molecular weight is 777 g/mol. The Bertz CT molecular complexity index is 1440. The molecule has 2 atom stereocenters. The molecule has 2 unspecified atom stereocenters. The first-order valence-electron chi connectivity index (χ1n) is 17.8. The highest BCUT2D eigenvalue weighted by molar-refractivity contribution is 8.24. The van der Waals surface area contributed by atoms with E-state index in [4.69, 9.17) is 25.8 Å². The van der Waals surface area contributed by atoms with E-state index in [1.54, 1.807) is 23.7 Å². The molecule has 0 bridgehead atoms. The van der Waals surface area contributed by atoms with E-state index in [1.165, 1.54) is 34.9 Å². The Morgan fingerprint density at radius 2 is 1.61 bits per heavy atom. The number of likely N-dealkylation sites (N-methyl/N-ethyl adjacent to an activating group) is 1. The minimum Gasteiger partial charge on any atom is -0.379 e. The Balaban J connectivity index is 0.958. The van der Waals surface area contributed by atoms with Crippen LogP contribution in [0.5, 0.6) is 0 Å². The summed E-state index contributed by atoms with van der Waals surface area (Å²) in [6, 6.07) is 16.6. The van der Waals surface area contributed by atoms with E-state index < -0.39 is 0 Å². The Morgan fingerprint density at radius 3 is 2.25 bits per heavy atom. The smallest absolute Gasteiger partial charge is 0.259 e. The Hall–Kier alpha value is -1.96. The Morgan fingerprint density at radius 1 is 0.961 bits per heavy atom. The van der Waals surface area contributed by atoms with Crippen molar-refractivity contribution in [3.8, 4) is 0 Å². The van der Waals surface area contributed by atoms with Gasteiger partial charge in [-0.3, -0.25) is 14.5 Å². The largest absolute Gasteiger partial charge is 0.379 e. The van der Waals surface area contributed by atoms with Crippen LogP contribution in [0.2, 0.25) is 5.02 Å². The van der Waals surface area contributed by atoms with Crippen molar-refractivity contribution in [1.29, 1.82) is 0 Å². The van der Waals surface area contributed by atoms with E-state index in [1.807, 2.05) is 29.2 Å². The number of halogens is 1. The van der Waals surface area contributed by atoms with Crippen molar-refractivity contribution < 1.29 is 23.8 Å². The molecule has 0 aliphatic carbocycles. The fraction of sp³-hybridized carbons (Fsp3) is 0.538. The first-order valence-corrected chi connectivity index (χ1v) is 20.8. The van der Waals surface area contributed by atoms with E-state index in [2.05, 4.69) is 67.9 Å². The van der Waals surface area contributed by atoms with Crippen LogP contribution in [-0.2, 0) is 34.3 Å². The summed E-state index contributed by atoms with van der Waals surface area (Å²) in [5.41, 5.74) is 3.88. The van der Waals surface area contributed by atoms with Gasteiger partial charge in [-0.1, -0.05) is 79.8 Å². The van der Waals surface area contributed by atoms with E-state index in [-0.39, 0.29) is 16.6 Å². The highest BCUT2D eigenvalue weighted by Crippen LogP contribution is 2.64. The third kappa shape index (κ3) is 13.4. The molecule has 2 amide bonds. The van der Waals surface area contributed by atoms with Crippen LogP contribution in [0.25, 0.3) is 0 Å². The molecule has 280 valence electrons. The first kappa shape index (κ1) is 41.8. The van der Waals surface area contributed by atoms with Gasteiger partial charge in [0.25, 0.3) is 5.91 Å². The van der Waals surface area contributed by atoms with Crippen molar-refractivity contribution in [1.82, 2.24) is 14.7 Å². The number of aryl methyl sites for hydroxylation is 1. The van der Waals surface area contributed by atoms with Crippen LogP contribution in [0.15, 0.2) is 70.8 Å². The number of benzene rings is 2. The molecule has 0 spiro atoms. The van der Waals surface area contributed by atoms with Gasteiger partial charge in [-0.15, -0.1) is 23.5 Å². The summed E-state index contributed by atoms with van der Waals surface area (Å²) in [5, 5.41) is 1.45. The number of nitrogens with zero attached hydrogens (tertiary/aromatic N) is 3.